The van der Waals surface area contributed by atoms with Crippen LogP contribution < -0.4 is 10.2 Å². The Morgan fingerprint density at radius 2 is 1.81 bits per heavy atom. The predicted molar refractivity (Wildman–Crippen MR) is 104 cm³/mol. The molecule has 0 aromatic heterocycles. The maximum Gasteiger partial charge on any atom is 0.335 e. The van der Waals surface area contributed by atoms with Crippen molar-refractivity contribution in [2.75, 3.05) is 31.1 Å². The molecule has 3 rings (SSSR count). The fourth-order valence-corrected chi connectivity index (χ4v) is 3.59. The Labute approximate surface area is 159 Å². The van der Waals surface area contributed by atoms with E-state index in [2.05, 4.69) is 15.2 Å². The van der Waals surface area contributed by atoms with Gasteiger partial charge in [-0.1, -0.05) is 24.6 Å². The molecule has 27 heavy (non-hydrogen) atoms. The van der Waals surface area contributed by atoms with Gasteiger partial charge in [-0.25, -0.2) is 9.69 Å². The predicted octanol–water partition coefficient (Wildman–Crippen LogP) is 2.22. The van der Waals surface area contributed by atoms with Crippen molar-refractivity contribution in [1.82, 2.24) is 10.2 Å². The van der Waals surface area contributed by atoms with E-state index in [9.17, 15) is 14.4 Å². The molecule has 144 valence electrons. The second-order valence-corrected chi connectivity index (χ2v) is 7.02. The minimum absolute atomic E-state index is 0.440. The van der Waals surface area contributed by atoms with Crippen LogP contribution in [0, 0.1) is 5.92 Å². The Kier molecular flexibility index (Phi) is 6.34. The Balaban J connectivity index is 1.63. The molecule has 2 saturated heterocycles. The third-order valence-corrected chi connectivity index (χ3v) is 5.04. The molecule has 4 amide bonds. The van der Waals surface area contributed by atoms with E-state index in [0.717, 1.165) is 31.0 Å². The molecule has 1 aromatic carbocycles. The maximum atomic E-state index is 12.8. The number of imide groups is 2. The standard InChI is InChI=1S/C20H26N4O3/c1-15(21-11-8-14-23-12-6-3-7-13-23)17-18(25)22-20(27)24(19(17)26)16-9-4-2-5-10-16/h2,4-5,9-10,17H,3,6-8,11-14H2,1H3,(H,22,25,27). The molecule has 0 saturated carbocycles. The number of hydrogen-bond donors (Lipinski definition) is 1. The second-order valence-electron chi connectivity index (χ2n) is 7.02. The van der Waals surface area contributed by atoms with Gasteiger partial charge in [0, 0.05) is 12.3 Å². The average Bonchev–Trinajstić information content (AvgIpc) is 2.66. The number of para-hydroxylation sites is 1. The monoisotopic (exact) mass is 370 g/mol. The zero-order chi connectivity index (χ0) is 19.2. The highest BCUT2D eigenvalue weighted by Gasteiger charge is 2.42. The van der Waals surface area contributed by atoms with Crippen LogP contribution in [0.25, 0.3) is 0 Å². The molecule has 7 heteroatoms. The number of carbonyl (C=O) groups is 3. The number of piperidine rings is 1. The van der Waals surface area contributed by atoms with Crippen molar-refractivity contribution in [3.8, 4) is 0 Å². The Morgan fingerprint density at radius 3 is 2.52 bits per heavy atom. The molecule has 7 nitrogen and oxygen atoms in total. The number of rotatable bonds is 6. The minimum Gasteiger partial charge on any atom is -0.303 e. The normalized spacial score (nSPS) is 22.1. The van der Waals surface area contributed by atoms with E-state index in [-0.39, 0.29) is 0 Å². The van der Waals surface area contributed by atoms with Crippen LogP contribution in [0.4, 0.5) is 10.5 Å². The van der Waals surface area contributed by atoms with E-state index in [1.807, 2.05) is 0 Å². The molecule has 1 atom stereocenters. The summed E-state index contributed by atoms with van der Waals surface area (Å²) in [6.45, 7) is 5.51. The number of urea groups is 1. The van der Waals surface area contributed by atoms with Gasteiger partial charge in [0.25, 0.3) is 5.91 Å². The van der Waals surface area contributed by atoms with Crippen LogP contribution in [0.1, 0.15) is 32.6 Å². The van der Waals surface area contributed by atoms with Crippen LogP contribution in [0.5, 0.6) is 0 Å². The van der Waals surface area contributed by atoms with Crippen molar-refractivity contribution in [2.45, 2.75) is 32.6 Å². The molecule has 0 aliphatic carbocycles. The molecule has 0 bridgehead atoms. The van der Waals surface area contributed by atoms with Crippen molar-refractivity contribution >= 4 is 29.2 Å². The first kappa shape index (κ1) is 19.2. The third kappa shape index (κ3) is 4.60. The zero-order valence-corrected chi connectivity index (χ0v) is 15.7. The van der Waals surface area contributed by atoms with E-state index in [1.165, 1.54) is 19.3 Å². The Bertz CT molecular complexity index is 726. The number of likely N-dealkylation sites (tertiary alicyclic amines) is 1. The van der Waals surface area contributed by atoms with Crippen LogP contribution in [-0.2, 0) is 9.59 Å². The number of carbonyl (C=O) groups excluding carboxylic acids is 3. The quantitative estimate of drug-likeness (QED) is 0.473. The summed E-state index contributed by atoms with van der Waals surface area (Å²) in [5, 5.41) is 2.27. The minimum atomic E-state index is -1.06. The Morgan fingerprint density at radius 1 is 1.11 bits per heavy atom. The summed E-state index contributed by atoms with van der Waals surface area (Å²) in [5.74, 6) is -2.21. The highest BCUT2D eigenvalue weighted by atomic mass is 16.2. The molecular weight excluding hydrogens is 344 g/mol. The lowest BCUT2D eigenvalue weighted by Gasteiger charge is -2.30. The summed E-state index contributed by atoms with van der Waals surface area (Å²) >= 11 is 0. The topological polar surface area (TPSA) is 82.1 Å². The van der Waals surface area contributed by atoms with Gasteiger partial charge in [0.15, 0.2) is 5.92 Å². The summed E-state index contributed by atoms with van der Waals surface area (Å²) in [4.78, 5) is 45.1. The number of barbiturate groups is 1. The summed E-state index contributed by atoms with van der Waals surface area (Å²) in [6.07, 6.45) is 4.70. The SMILES string of the molecule is CC(=NCCCN1CCCCC1)C1C(=O)NC(=O)N(c2ccccc2)C1=O. The summed E-state index contributed by atoms with van der Waals surface area (Å²) < 4.78 is 0. The van der Waals surface area contributed by atoms with Gasteiger partial charge in [-0.05, 0) is 58.0 Å². The van der Waals surface area contributed by atoms with Gasteiger partial charge >= 0.3 is 6.03 Å². The summed E-state index contributed by atoms with van der Waals surface area (Å²) in [7, 11) is 0. The second kappa shape index (κ2) is 8.90. The van der Waals surface area contributed by atoms with Crippen LogP contribution in [0.15, 0.2) is 35.3 Å². The largest absolute Gasteiger partial charge is 0.335 e. The zero-order valence-electron chi connectivity index (χ0n) is 15.7. The number of anilines is 1. The Hall–Kier alpha value is -2.54. The molecule has 2 fully saturated rings. The van der Waals surface area contributed by atoms with E-state index >= 15 is 0 Å². The van der Waals surface area contributed by atoms with Crippen molar-refractivity contribution in [3.05, 3.63) is 30.3 Å². The summed E-state index contributed by atoms with van der Waals surface area (Å²) in [6, 6.07) is 7.88. The smallest absolute Gasteiger partial charge is 0.303 e. The number of benzene rings is 1. The van der Waals surface area contributed by atoms with Crippen molar-refractivity contribution in [3.63, 3.8) is 0 Å². The van der Waals surface area contributed by atoms with E-state index in [0.29, 0.717) is 17.9 Å². The van der Waals surface area contributed by atoms with Crippen LogP contribution in [-0.4, -0.2) is 54.6 Å². The van der Waals surface area contributed by atoms with Gasteiger partial charge in [-0.15, -0.1) is 0 Å². The van der Waals surface area contributed by atoms with E-state index in [1.54, 1.807) is 37.3 Å². The van der Waals surface area contributed by atoms with Crippen LogP contribution >= 0.6 is 0 Å². The molecule has 2 aliphatic heterocycles. The first-order chi connectivity index (χ1) is 13.1. The summed E-state index contributed by atoms with van der Waals surface area (Å²) in [5.41, 5.74) is 0.889. The lowest BCUT2D eigenvalue weighted by atomic mass is 9.99. The van der Waals surface area contributed by atoms with Crippen LogP contribution in [0.2, 0.25) is 0 Å². The first-order valence-corrected chi connectivity index (χ1v) is 9.55. The van der Waals surface area contributed by atoms with Gasteiger partial charge in [-0.3, -0.25) is 19.9 Å². The molecule has 0 radical (unpaired) electrons. The van der Waals surface area contributed by atoms with Crippen molar-refractivity contribution in [1.29, 1.82) is 0 Å². The number of nitrogens with one attached hydrogen (secondary N) is 1. The van der Waals surface area contributed by atoms with Gasteiger partial charge < -0.3 is 4.90 Å². The highest BCUT2D eigenvalue weighted by Crippen LogP contribution is 2.21. The van der Waals surface area contributed by atoms with Crippen molar-refractivity contribution < 1.29 is 14.4 Å². The highest BCUT2D eigenvalue weighted by molar-refractivity contribution is 6.35. The fourth-order valence-electron chi connectivity index (χ4n) is 3.59. The average molecular weight is 370 g/mol. The number of hydrogen-bond acceptors (Lipinski definition) is 5. The van der Waals surface area contributed by atoms with Gasteiger partial charge in [0.2, 0.25) is 5.91 Å². The number of aliphatic imine (C=N–C) groups is 1. The number of nitrogens with zero attached hydrogens (tertiary/aromatic N) is 3. The molecule has 2 aliphatic rings. The van der Waals surface area contributed by atoms with Crippen LogP contribution in [0.3, 0.4) is 0 Å². The molecule has 2 heterocycles. The molecule has 1 unspecified atom stereocenters. The molecule has 1 N–H and O–H groups in total. The third-order valence-electron chi connectivity index (χ3n) is 5.04. The lowest BCUT2D eigenvalue weighted by Crippen LogP contribution is -2.60. The molecular formula is C20H26N4O3. The van der Waals surface area contributed by atoms with Gasteiger partial charge in [0.05, 0.1) is 5.69 Å². The van der Waals surface area contributed by atoms with Gasteiger partial charge in [-0.2, -0.15) is 0 Å². The van der Waals surface area contributed by atoms with Gasteiger partial charge in [0.1, 0.15) is 0 Å². The number of amides is 4. The maximum absolute atomic E-state index is 12.8. The fraction of sp³-hybridized carbons (Fsp3) is 0.500. The van der Waals surface area contributed by atoms with E-state index < -0.39 is 23.8 Å². The molecule has 1 aromatic rings. The van der Waals surface area contributed by atoms with E-state index in [4.69, 9.17) is 0 Å². The molecule has 0 spiro atoms. The lowest BCUT2D eigenvalue weighted by molar-refractivity contribution is -0.131. The first-order valence-electron chi connectivity index (χ1n) is 9.55. The van der Waals surface area contributed by atoms with Crippen molar-refractivity contribution in [2.24, 2.45) is 10.9 Å².